The van der Waals surface area contributed by atoms with Crippen molar-refractivity contribution in [3.63, 3.8) is 0 Å². The van der Waals surface area contributed by atoms with Gasteiger partial charge in [-0.2, -0.15) is 0 Å². The van der Waals surface area contributed by atoms with E-state index in [0.29, 0.717) is 6.54 Å². The SMILES string of the molecule is CCC(NC(=O)C1(Cn2ccnc2)CC1)c1ncccc1C. The molecule has 0 bridgehead atoms. The summed E-state index contributed by atoms with van der Waals surface area (Å²) in [4.78, 5) is 21.2. The lowest BCUT2D eigenvalue weighted by molar-refractivity contribution is -0.127. The van der Waals surface area contributed by atoms with Crippen LogP contribution in [0.2, 0.25) is 0 Å². The zero-order valence-corrected chi connectivity index (χ0v) is 13.1. The molecule has 0 spiro atoms. The molecule has 2 heterocycles. The fourth-order valence-electron chi connectivity index (χ4n) is 2.88. The first-order valence-corrected chi connectivity index (χ1v) is 7.83. The molecule has 1 fully saturated rings. The number of carbonyl (C=O) groups excluding carboxylic acids is 1. The van der Waals surface area contributed by atoms with Crippen LogP contribution in [0, 0.1) is 12.3 Å². The number of nitrogens with one attached hydrogen (secondary N) is 1. The predicted octanol–water partition coefficient (Wildman–Crippen LogP) is 2.63. The van der Waals surface area contributed by atoms with Gasteiger partial charge in [-0.05, 0) is 37.8 Å². The van der Waals surface area contributed by atoms with Gasteiger partial charge < -0.3 is 9.88 Å². The van der Waals surface area contributed by atoms with E-state index in [1.165, 1.54) is 0 Å². The molecule has 0 aliphatic heterocycles. The second-order valence-corrected chi connectivity index (χ2v) is 6.16. The lowest BCUT2D eigenvalue weighted by Crippen LogP contribution is -2.37. The number of rotatable bonds is 6. The van der Waals surface area contributed by atoms with Gasteiger partial charge in [-0.3, -0.25) is 9.78 Å². The molecule has 1 amide bonds. The molecule has 1 atom stereocenters. The molecular formula is C17H22N4O. The monoisotopic (exact) mass is 298 g/mol. The van der Waals surface area contributed by atoms with Crippen molar-refractivity contribution < 1.29 is 4.79 Å². The van der Waals surface area contributed by atoms with Crippen LogP contribution in [0.25, 0.3) is 0 Å². The third kappa shape index (κ3) is 2.89. The van der Waals surface area contributed by atoms with Crippen LogP contribution < -0.4 is 5.32 Å². The van der Waals surface area contributed by atoms with Crippen LogP contribution in [0.3, 0.4) is 0 Å². The second kappa shape index (κ2) is 5.91. The summed E-state index contributed by atoms with van der Waals surface area (Å²) in [6.45, 7) is 4.82. The lowest BCUT2D eigenvalue weighted by Gasteiger charge is -2.22. The molecule has 1 N–H and O–H groups in total. The third-order valence-corrected chi connectivity index (χ3v) is 4.47. The highest BCUT2D eigenvalue weighted by atomic mass is 16.2. The number of aromatic nitrogens is 3. The van der Waals surface area contributed by atoms with Crippen molar-refractivity contribution in [1.82, 2.24) is 19.9 Å². The Morgan fingerprint density at radius 2 is 2.27 bits per heavy atom. The molecule has 116 valence electrons. The molecule has 0 radical (unpaired) electrons. The van der Waals surface area contributed by atoms with E-state index in [1.54, 1.807) is 18.7 Å². The van der Waals surface area contributed by atoms with Gasteiger partial charge in [0.05, 0.1) is 23.5 Å². The largest absolute Gasteiger partial charge is 0.347 e. The van der Waals surface area contributed by atoms with Crippen LogP contribution in [-0.4, -0.2) is 20.4 Å². The van der Waals surface area contributed by atoms with Crippen LogP contribution in [0.4, 0.5) is 0 Å². The molecule has 5 nitrogen and oxygen atoms in total. The molecule has 3 rings (SSSR count). The van der Waals surface area contributed by atoms with Gasteiger partial charge in [0, 0.05) is 25.1 Å². The molecule has 1 saturated carbocycles. The maximum absolute atomic E-state index is 12.7. The second-order valence-electron chi connectivity index (χ2n) is 6.16. The topological polar surface area (TPSA) is 59.8 Å². The van der Waals surface area contributed by atoms with E-state index in [9.17, 15) is 4.79 Å². The molecule has 1 unspecified atom stereocenters. The number of hydrogen-bond donors (Lipinski definition) is 1. The van der Waals surface area contributed by atoms with Crippen molar-refractivity contribution in [2.45, 2.75) is 45.7 Å². The Morgan fingerprint density at radius 1 is 1.45 bits per heavy atom. The Balaban J connectivity index is 1.71. The van der Waals surface area contributed by atoms with E-state index in [4.69, 9.17) is 0 Å². The Bertz CT molecular complexity index is 646. The maximum atomic E-state index is 12.7. The van der Waals surface area contributed by atoms with Crippen LogP contribution in [0.15, 0.2) is 37.1 Å². The highest BCUT2D eigenvalue weighted by Gasteiger charge is 2.50. The van der Waals surface area contributed by atoms with Crippen LogP contribution in [-0.2, 0) is 11.3 Å². The Hall–Kier alpha value is -2.17. The molecule has 0 saturated heterocycles. The number of nitrogens with zero attached hydrogens (tertiary/aromatic N) is 3. The van der Waals surface area contributed by atoms with Gasteiger partial charge in [0.2, 0.25) is 5.91 Å². The average Bonchev–Trinajstić information content (AvgIpc) is 3.12. The summed E-state index contributed by atoms with van der Waals surface area (Å²) >= 11 is 0. The van der Waals surface area contributed by atoms with E-state index < -0.39 is 0 Å². The van der Waals surface area contributed by atoms with E-state index in [0.717, 1.165) is 30.5 Å². The molecule has 2 aromatic heterocycles. The maximum Gasteiger partial charge on any atom is 0.228 e. The van der Waals surface area contributed by atoms with Crippen LogP contribution in [0.5, 0.6) is 0 Å². The zero-order valence-electron chi connectivity index (χ0n) is 13.1. The van der Waals surface area contributed by atoms with Gasteiger partial charge in [0.15, 0.2) is 0 Å². The molecule has 1 aliphatic rings. The van der Waals surface area contributed by atoms with Gasteiger partial charge in [0.1, 0.15) is 0 Å². The van der Waals surface area contributed by atoms with E-state index in [2.05, 4.69) is 22.2 Å². The third-order valence-electron chi connectivity index (χ3n) is 4.47. The van der Waals surface area contributed by atoms with Gasteiger partial charge in [-0.15, -0.1) is 0 Å². The van der Waals surface area contributed by atoms with Crippen molar-refractivity contribution in [2.24, 2.45) is 5.41 Å². The minimum atomic E-state index is -0.267. The molecule has 1 aliphatic carbocycles. The molecule has 2 aromatic rings. The average molecular weight is 298 g/mol. The molecule has 0 aromatic carbocycles. The smallest absolute Gasteiger partial charge is 0.228 e. The summed E-state index contributed by atoms with van der Waals surface area (Å²) in [5.74, 6) is 0.137. The Morgan fingerprint density at radius 3 is 2.86 bits per heavy atom. The number of aryl methyl sites for hydroxylation is 1. The summed E-state index contributed by atoms with van der Waals surface area (Å²) in [5, 5.41) is 3.20. The molecule has 5 heteroatoms. The first kappa shape index (κ1) is 14.8. The first-order chi connectivity index (χ1) is 10.6. The molecular weight excluding hydrogens is 276 g/mol. The number of carbonyl (C=O) groups is 1. The number of imidazole rings is 1. The first-order valence-electron chi connectivity index (χ1n) is 7.83. The Labute approximate surface area is 130 Å². The summed E-state index contributed by atoms with van der Waals surface area (Å²) in [6.07, 6.45) is 9.94. The number of amides is 1. The quantitative estimate of drug-likeness (QED) is 0.892. The summed E-state index contributed by atoms with van der Waals surface area (Å²) in [5.41, 5.74) is 1.82. The van der Waals surface area contributed by atoms with E-state index in [1.807, 2.05) is 29.8 Å². The summed E-state index contributed by atoms with van der Waals surface area (Å²) in [6, 6.07) is 3.94. The van der Waals surface area contributed by atoms with Crippen LogP contribution in [0.1, 0.15) is 43.5 Å². The summed E-state index contributed by atoms with van der Waals surface area (Å²) in [7, 11) is 0. The van der Waals surface area contributed by atoms with Gasteiger partial charge in [-0.1, -0.05) is 13.0 Å². The zero-order chi connectivity index (χ0) is 15.6. The minimum absolute atomic E-state index is 0.0195. The van der Waals surface area contributed by atoms with Crippen molar-refractivity contribution in [3.8, 4) is 0 Å². The fourth-order valence-corrected chi connectivity index (χ4v) is 2.88. The summed E-state index contributed by atoms with van der Waals surface area (Å²) < 4.78 is 1.99. The van der Waals surface area contributed by atoms with E-state index in [-0.39, 0.29) is 17.4 Å². The Kier molecular flexibility index (Phi) is 3.96. The van der Waals surface area contributed by atoms with Gasteiger partial charge >= 0.3 is 0 Å². The standard InChI is InChI=1S/C17H22N4O/c1-3-14(15-13(2)5-4-8-19-15)20-16(22)17(6-7-17)11-21-10-9-18-12-21/h4-5,8-10,12,14H,3,6-7,11H2,1-2H3,(H,20,22). The van der Waals surface area contributed by atoms with Crippen molar-refractivity contribution >= 4 is 5.91 Å². The minimum Gasteiger partial charge on any atom is -0.347 e. The van der Waals surface area contributed by atoms with Crippen molar-refractivity contribution in [1.29, 1.82) is 0 Å². The van der Waals surface area contributed by atoms with Gasteiger partial charge in [0.25, 0.3) is 0 Å². The molecule has 22 heavy (non-hydrogen) atoms. The highest BCUT2D eigenvalue weighted by molar-refractivity contribution is 5.85. The normalized spacial score (nSPS) is 17.0. The van der Waals surface area contributed by atoms with Gasteiger partial charge in [-0.25, -0.2) is 4.98 Å². The van der Waals surface area contributed by atoms with Crippen molar-refractivity contribution in [2.75, 3.05) is 0 Å². The highest BCUT2D eigenvalue weighted by Crippen LogP contribution is 2.47. The number of pyridine rings is 1. The lowest BCUT2D eigenvalue weighted by atomic mass is 10.0. The number of hydrogen-bond acceptors (Lipinski definition) is 3. The van der Waals surface area contributed by atoms with Crippen LogP contribution >= 0.6 is 0 Å². The predicted molar refractivity (Wildman–Crippen MR) is 84.0 cm³/mol. The van der Waals surface area contributed by atoms with Crippen molar-refractivity contribution in [3.05, 3.63) is 48.3 Å². The van der Waals surface area contributed by atoms with E-state index >= 15 is 0 Å². The fraction of sp³-hybridized carbons (Fsp3) is 0.471.